The van der Waals surface area contributed by atoms with E-state index >= 15 is 0 Å². The van der Waals surface area contributed by atoms with Gasteiger partial charge in [0, 0.05) is 38.9 Å². The molecule has 108 valence electrons. The standard InChI is InChI=1S/C15H23N5/c1-11-9-14(20(4)18-11)10-15(17-16)12-5-7-13(8-6-12)19(2)3/h5-9,15,17H,10,16H2,1-4H3. The molecular weight excluding hydrogens is 250 g/mol. The predicted octanol–water partition coefficient (Wildman–Crippen LogP) is 1.54. The van der Waals surface area contributed by atoms with Gasteiger partial charge >= 0.3 is 0 Å². The molecule has 0 spiro atoms. The maximum absolute atomic E-state index is 5.72. The van der Waals surface area contributed by atoms with E-state index in [4.69, 9.17) is 5.84 Å². The average molecular weight is 273 g/mol. The highest BCUT2D eigenvalue weighted by atomic mass is 15.3. The normalized spacial score (nSPS) is 12.4. The molecule has 1 atom stereocenters. The number of benzene rings is 1. The fourth-order valence-corrected chi connectivity index (χ4v) is 2.34. The number of nitrogens with zero attached hydrogens (tertiary/aromatic N) is 3. The van der Waals surface area contributed by atoms with Crippen LogP contribution in [0.25, 0.3) is 0 Å². The zero-order valence-electron chi connectivity index (χ0n) is 12.6. The number of nitrogens with two attached hydrogens (primary N) is 1. The Labute approximate surface area is 120 Å². The molecule has 3 N–H and O–H groups in total. The van der Waals surface area contributed by atoms with E-state index in [1.165, 1.54) is 16.9 Å². The molecule has 2 aromatic rings. The van der Waals surface area contributed by atoms with Crippen LogP contribution in [0.1, 0.15) is 23.0 Å². The van der Waals surface area contributed by atoms with Gasteiger partial charge in [0.15, 0.2) is 0 Å². The molecule has 0 bridgehead atoms. The lowest BCUT2D eigenvalue weighted by Gasteiger charge is -2.18. The Bertz CT molecular complexity index is 556. The smallest absolute Gasteiger partial charge is 0.0596 e. The molecule has 2 rings (SSSR count). The van der Waals surface area contributed by atoms with Crippen molar-refractivity contribution in [3.8, 4) is 0 Å². The monoisotopic (exact) mass is 273 g/mol. The van der Waals surface area contributed by atoms with Crippen LogP contribution in [0.4, 0.5) is 5.69 Å². The Morgan fingerprint density at radius 3 is 2.40 bits per heavy atom. The van der Waals surface area contributed by atoms with Gasteiger partial charge in [-0.2, -0.15) is 5.10 Å². The van der Waals surface area contributed by atoms with Gasteiger partial charge in [-0.05, 0) is 30.7 Å². The number of anilines is 1. The van der Waals surface area contributed by atoms with Crippen molar-refractivity contribution in [3.63, 3.8) is 0 Å². The summed E-state index contributed by atoms with van der Waals surface area (Å²) in [5, 5.41) is 4.37. The van der Waals surface area contributed by atoms with E-state index in [1.54, 1.807) is 0 Å². The Balaban J connectivity index is 2.17. The molecule has 20 heavy (non-hydrogen) atoms. The summed E-state index contributed by atoms with van der Waals surface area (Å²) in [4.78, 5) is 2.08. The summed E-state index contributed by atoms with van der Waals surface area (Å²) in [5.41, 5.74) is 7.45. The summed E-state index contributed by atoms with van der Waals surface area (Å²) in [5.74, 6) is 5.72. The highest BCUT2D eigenvalue weighted by molar-refractivity contribution is 5.46. The molecular formula is C15H23N5. The molecule has 1 heterocycles. The van der Waals surface area contributed by atoms with Gasteiger partial charge < -0.3 is 4.90 Å². The third-order valence-electron chi connectivity index (χ3n) is 3.53. The molecule has 1 aromatic carbocycles. The summed E-state index contributed by atoms with van der Waals surface area (Å²) >= 11 is 0. The predicted molar refractivity (Wildman–Crippen MR) is 82.5 cm³/mol. The molecule has 5 heteroatoms. The van der Waals surface area contributed by atoms with Gasteiger partial charge in [-0.3, -0.25) is 16.0 Å². The minimum Gasteiger partial charge on any atom is -0.378 e. The summed E-state index contributed by atoms with van der Waals surface area (Å²) in [7, 11) is 6.03. The number of hydrogen-bond acceptors (Lipinski definition) is 4. The van der Waals surface area contributed by atoms with Crippen LogP contribution in [-0.4, -0.2) is 23.9 Å². The average Bonchev–Trinajstić information content (AvgIpc) is 2.74. The maximum atomic E-state index is 5.72. The van der Waals surface area contributed by atoms with Crippen LogP contribution in [0.15, 0.2) is 30.3 Å². The SMILES string of the molecule is Cc1cc(CC(NN)c2ccc(N(C)C)cc2)n(C)n1. The van der Waals surface area contributed by atoms with Crippen LogP contribution >= 0.6 is 0 Å². The van der Waals surface area contributed by atoms with E-state index < -0.39 is 0 Å². The van der Waals surface area contributed by atoms with Crippen molar-refractivity contribution in [1.29, 1.82) is 0 Å². The molecule has 0 amide bonds. The minimum absolute atomic E-state index is 0.0843. The van der Waals surface area contributed by atoms with Crippen LogP contribution < -0.4 is 16.2 Å². The molecule has 5 nitrogen and oxygen atoms in total. The van der Waals surface area contributed by atoms with E-state index in [2.05, 4.69) is 45.8 Å². The Morgan fingerprint density at radius 1 is 1.30 bits per heavy atom. The second-order valence-corrected chi connectivity index (χ2v) is 5.31. The number of nitrogens with one attached hydrogen (secondary N) is 1. The molecule has 0 aliphatic heterocycles. The van der Waals surface area contributed by atoms with Crippen molar-refractivity contribution in [2.24, 2.45) is 12.9 Å². The van der Waals surface area contributed by atoms with Crippen LogP contribution in [0, 0.1) is 6.92 Å². The van der Waals surface area contributed by atoms with Crippen LogP contribution in [0.2, 0.25) is 0 Å². The number of rotatable bonds is 5. The van der Waals surface area contributed by atoms with Crippen LogP contribution in [0.5, 0.6) is 0 Å². The molecule has 0 saturated heterocycles. The molecule has 0 aliphatic rings. The number of hydrazine groups is 1. The summed E-state index contributed by atoms with van der Waals surface area (Å²) in [6, 6.07) is 10.6. The van der Waals surface area contributed by atoms with Crippen molar-refractivity contribution >= 4 is 5.69 Å². The second-order valence-electron chi connectivity index (χ2n) is 5.31. The highest BCUT2D eigenvalue weighted by Gasteiger charge is 2.13. The first-order valence-corrected chi connectivity index (χ1v) is 6.74. The topological polar surface area (TPSA) is 59.1 Å². The lowest BCUT2D eigenvalue weighted by Crippen LogP contribution is -2.30. The van der Waals surface area contributed by atoms with E-state index in [9.17, 15) is 0 Å². The first kappa shape index (κ1) is 14.6. The molecule has 1 aromatic heterocycles. The Morgan fingerprint density at radius 2 is 1.95 bits per heavy atom. The van der Waals surface area contributed by atoms with Gasteiger partial charge in [0.1, 0.15) is 0 Å². The lowest BCUT2D eigenvalue weighted by molar-refractivity contribution is 0.530. The fourth-order valence-electron chi connectivity index (χ4n) is 2.34. The lowest BCUT2D eigenvalue weighted by atomic mass is 10.0. The first-order valence-electron chi connectivity index (χ1n) is 6.74. The summed E-state index contributed by atoms with van der Waals surface area (Å²) in [6.45, 7) is 2.00. The second kappa shape index (κ2) is 6.07. The van der Waals surface area contributed by atoms with Crippen LogP contribution in [-0.2, 0) is 13.5 Å². The van der Waals surface area contributed by atoms with E-state index in [0.717, 1.165) is 12.1 Å². The molecule has 0 fully saturated rings. The molecule has 0 radical (unpaired) electrons. The number of aryl methyl sites for hydroxylation is 2. The first-order chi connectivity index (χ1) is 9.51. The van der Waals surface area contributed by atoms with E-state index in [1.807, 2.05) is 32.7 Å². The van der Waals surface area contributed by atoms with Gasteiger partial charge in [-0.25, -0.2) is 0 Å². The van der Waals surface area contributed by atoms with Gasteiger partial charge in [-0.1, -0.05) is 12.1 Å². The van der Waals surface area contributed by atoms with Crippen molar-refractivity contribution < 1.29 is 0 Å². The van der Waals surface area contributed by atoms with Gasteiger partial charge in [0.2, 0.25) is 0 Å². The third-order valence-corrected chi connectivity index (χ3v) is 3.53. The number of hydrogen-bond donors (Lipinski definition) is 2. The minimum atomic E-state index is 0.0843. The summed E-state index contributed by atoms with van der Waals surface area (Å²) in [6.07, 6.45) is 0.815. The van der Waals surface area contributed by atoms with Gasteiger partial charge in [0.05, 0.1) is 11.7 Å². The Kier molecular flexibility index (Phi) is 4.42. The maximum Gasteiger partial charge on any atom is 0.0596 e. The van der Waals surface area contributed by atoms with Gasteiger partial charge in [-0.15, -0.1) is 0 Å². The van der Waals surface area contributed by atoms with Crippen molar-refractivity contribution in [1.82, 2.24) is 15.2 Å². The molecule has 0 aliphatic carbocycles. The largest absolute Gasteiger partial charge is 0.378 e. The Hall–Kier alpha value is -1.85. The number of aromatic nitrogens is 2. The summed E-state index contributed by atoms with van der Waals surface area (Å²) < 4.78 is 1.91. The third kappa shape index (κ3) is 3.18. The fraction of sp³-hybridized carbons (Fsp3) is 0.400. The zero-order valence-corrected chi connectivity index (χ0v) is 12.6. The van der Waals surface area contributed by atoms with Crippen molar-refractivity contribution in [2.45, 2.75) is 19.4 Å². The van der Waals surface area contributed by atoms with Crippen molar-refractivity contribution in [2.75, 3.05) is 19.0 Å². The quantitative estimate of drug-likeness (QED) is 0.641. The van der Waals surface area contributed by atoms with Crippen LogP contribution in [0.3, 0.4) is 0 Å². The zero-order chi connectivity index (χ0) is 14.7. The van der Waals surface area contributed by atoms with Crippen molar-refractivity contribution in [3.05, 3.63) is 47.3 Å². The molecule has 0 saturated carbocycles. The van der Waals surface area contributed by atoms with E-state index in [0.29, 0.717) is 0 Å². The van der Waals surface area contributed by atoms with Gasteiger partial charge in [0.25, 0.3) is 0 Å². The van der Waals surface area contributed by atoms with E-state index in [-0.39, 0.29) is 6.04 Å². The highest BCUT2D eigenvalue weighted by Crippen LogP contribution is 2.21. The molecule has 1 unspecified atom stereocenters.